The van der Waals surface area contributed by atoms with E-state index in [2.05, 4.69) is 121 Å². The smallest absolute Gasteiger partial charge is 0.346 e. The van der Waals surface area contributed by atoms with Crippen molar-refractivity contribution in [2.24, 2.45) is 0 Å². The van der Waals surface area contributed by atoms with Crippen molar-refractivity contribution < 1.29 is 19.8 Å². The van der Waals surface area contributed by atoms with Gasteiger partial charge in [0.25, 0.3) is 0 Å². The fraction of sp³-hybridized carbons (Fsp3) is 0.102. The SMILES string of the molecule is Cc1ccc(N(c2ccc(/C=C(/C#N)C(=O)O)cc2)c2ccc(C(C)(C)c3ccc(N(c4ccc(C)cc4)c4ccc(/C=C(/C#N)C(=O)O)cc4)cc3)cc2)cc1. The van der Waals surface area contributed by atoms with E-state index >= 15 is 0 Å². The number of nitriles is 2. The number of carbonyl (C=O) groups is 2. The highest BCUT2D eigenvalue weighted by molar-refractivity contribution is 5.97. The second-order valence-corrected chi connectivity index (χ2v) is 14.2. The summed E-state index contributed by atoms with van der Waals surface area (Å²) < 4.78 is 0. The molecule has 0 saturated heterocycles. The van der Waals surface area contributed by atoms with E-state index in [0.29, 0.717) is 11.1 Å². The molecule has 0 aliphatic carbocycles. The first-order valence-electron chi connectivity index (χ1n) is 18.2. The molecule has 8 heteroatoms. The van der Waals surface area contributed by atoms with Gasteiger partial charge in [0.05, 0.1) is 0 Å². The zero-order valence-electron chi connectivity index (χ0n) is 32.0. The van der Waals surface area contributed by atoms with Crippen LogP contribution in [0.2, 0.25) is 0 Å². The Morgan fingerprint density at radius 2 is 0.719 bits per heavy atom. The predicted molar refractivity (Wildman–Crippen MR) is 226 cm³/mol. The molecule has 0 atom stereocenters. The van der Waals surface area contributed by atoms with Gasteiger partial charge in [-0.1, -0.05) is 97.8 Å². The van der Waals surface area contributed by atoms with Gasteiger partial charge in [-0.3, -0.25) is 0 Å². The molecule has 0 heterocycles. The van der Waals surface area contributed by atoms with E-state index in [1.807, 2.05) is 38.1 Å². The molecule has 57 heavy (non-hydrogen) atoms. The first kappa shape index (κ1) is 39.0. The van der Waals surface area contributed by atoms with Gasteiger partial charge in [0.1, 0.15) is 23.3 Å². The molecule has 0 amide bonds. The Bertz CT molecular complexity index is 2360. The summed E-state index contributed by atoms with van der Waals surface area (Å²) in [5.74, 6) is -2.53. The first-order valence-corrected chi connectivity index (χ1v) is 18.2. The zero-order chi connectivity index (χ0) is 40.7. The minimum Gasteiger partial charge on any atom is -0.477 e. The molecule has 0 spiro atoms. The highest BCUT2D eigenvalue weighted by Crippen LogP contribution is 2.40. The van der Waals surface area contributed by atoms with E-state index in [0.717, 1.165) is 56.4 Å². The highest BCUT2D eigenvalue weighted by Gasteiger charge is 2.25. The summed E-state index contributed by atoms with van der Waals surface area (Å²) in [7, 11) is 0. The van der Waals surface area contributed by atoms with Crippen LogP contribution in [0.25, 0.3) is 12.2 Å². The number of aliphatic carboxylic acids is 2. The lowest BCUT2D eigenvalue weighted by molar-refractivity contribution is -0.133. The number of nitrogens with zero attached hydrogens (tertiary/aromatic N) is 4. The second-order valence-electron chi connectivity index (χ2n) is 14.2. The monoisotopic (exact) mass is 748 g/mol. The quantitative estimate of drug-likeness (QED) is 0.0935. The van der Waals surface area contributed by atoms with Crippen molar-refractivity contribution in [2.45, 2.75) is 33.1 Å². The van der Waals surface area contributed by atoms with Crippen LogP contribution in [0.15, 0.2) is 157 Å². The molecule has 0 unspecified atom stereocenters. The summed E-state index contributed by atoms with van der Waals surface area (Å²) in [5.41, 5.74) is 10.3. The van der Waals surface area contributed by atoms with Gasteiger partial charge in [0.15, 0.2) is 0 Å². The van der Waals surface area contributed by atoms with E-state index in [4.69, 9.17) is 0 Å². The number of carboxylic acids is 2. The number of benzene rings is 6. The molecule has 6 aromatic carbocycles. The van der Waals surface area contributed by atoms with Crippen molar-refractivity contribution in [3.63, 3.8) is 0 Å². The number of hydrogen-bond donors (Lipinski definition) is 2. The van der Waals surface area contributed by atoms with Gasteiger partial charge in [-0.2, -0.15) is 10.5 Å². The van der Waals surface area contributed by atoms with Gasteiger partial charge < -0.3 is 20.0 Å². The standard InChI is InChI=1S/C49H40N4O4/c1-33-5-17-41(18-6-33)52(43-21-9-35(10-22-43)29-37(31-50)47(54)55)45-25-13-39(14-26-45)49(3,4)40-15-27-46(28-16-40)53(42-19-7-34(2)8-20-42)44-23-11-36(12-24-44)30-38(32-51)48(56)57/h5-30H,1-4H3,(H,54,55)(H,56,57)/b37-29-,38-30-. The Labute approximate surface area is 332 Å². The maximum Gasteiger partial charge on any atom is 0.346 e. The van der Waals surface area contributed by atoms with E-state index in [1.165, 1.54) is 12.2 Å². The lowest BCUT2D eigenvalue weighted by Crippen LogP contribution is -2.19. The van der Waals surface area contributed by atoms with Gasteiger partial charge in [0, 0.05) is 39.5 Å². The number of rotatable bonds is 12. The molecule has 0 aliphatic rings. The van der Waals surface area contributed by atoms with Crippen LogP contribution in [0.5, 0.6) is 0 Å². The zero-order valence-corrected chi connectivity index (χ0v) is 32.0. The van der Waals surface area contributed by atoms with Crippen LogP contribution in [0.1, 0.15) is 47.2 Å². The molecule has 0 aliphatic heterocycles. The molecular weight excluding hydrogens is 709 g/mol. The van der Waals surface area contributed by atoms with E-state index in [1.54, 1.807) is 36.4 Å². The predicted octanol–water partition coefficient (Wildman–Crippen LogP) is 11.6. The van der Waals surface area contributed by atoms with Crippen molar-refractivity contribution in [3.8, 4) is 12.1 Å². The van der Waals surface area contributed by atoms with E-state index in [-0.39, 0.29) is 16.6 Å². The number of carboxylic acid groups (broad SMARTS) is 2. The third kappa shape index (κ3) is 8.84. The number of anilines is 6. The molecule has 0 bridgehead atoms. The summed E-state index contributed by atoms with van der Waals surface area (Å²) in [4.78, 5) is 27.1. The molecule has 6 aromatic rings. The third-order valence-corrected chi connectivity index (χ3v) is 9.91. The molecule has 2 N–H and O–H groups in total. The van der Waals surface area contributed by atoms with Gasteiger partial charge >= 0.3 is 11.9 Å². The normalized spacial score (nSPS) is 11.6. The van der Waals surface area contributed by atoms with Gasteiger partial charge in [-0.25, -0.2) is 9.59 Å². The summed E-state index contributed by atoms with van der Waals surface area (Å²) in [6, 6.07) is 51.8. The van der Waals surface area contributed by atoms with Gasteiger partial charge in [-0.15, -0.1) is 0 Å². The van der Waals surface area contributed by atoms with Crippen molar-refractivity contribution in [1.82, 2.24) is 0 Å². The average Bonchev–Trinajstić information content (AvgIpc) is 3.22. The van der Waals surface area contributed by atoms with Crippen LogP contribution in [0.3, 0.4) is 0 Å². The molecule has 0 aromatic heterocycles. The van der Waals surface area contributed by atoms with Crippen molar-refractivity contribution in [3.05, 3.63) is 190 Å². The summed E-state index contributed by atoms with van der Waals surface area (Å²) in [6.45, 7) is 8.48. The molecule has 0 saturated carbocycles. The van der Waals surface area contributed by atoms with Gasteiger partial charge in [-0.05, 0) is 121 Å². The molecule has 0 fully saturated rings. The molecule has 8 nitrogen and oxygen atoms in total. The van der Waals surface area contributed by atoms with Crippen molar-refractivity contribution >= 4 is 58.2 Å². The summed E-state index contributed by atoms with van der Waals surface area (Å²) in [6.07, 6.45) is 2.72. The van der Waals surface area contributed by atoms with Gasteiger partial charge in [0.2, 0.25) is 0 Å². The highest BCUT2D eigenvalue weighted by atomic mass is 16.4. The largest absolute Gasteiger partial charge is 0.477 e. The fourth-order valence-electron chi connectivity index (χ4n) is 6.56. The second kappa shape index (κ2) is 16.8. The Balaban J connectivity index is 1.30. The molecular formula is C49H40N4O4. The third-order valence-electron chi connectivity index (χ3n) is 9.91. The number of hydrogen-bond acceptors (Lipinski definition) is 6. The van der Waals surface area contributed by atoms with Crippen molar-refractivity contribution in [1.29, 1.82) is 10.5 Å². The lowest BCUT2D eigenvalue weighted by Gasteiger charge is -2.30. The topological polar surface area (TPSA) is 129 Å². The lowest BCUT2D eigenvalue weighted by atomic mass is 9.78. The van der Waals surface area contributed by atoms with Crippen LogP contribution >= 0.6 is 0 Å². The Morgan fingerprint density at radius 3 is 0.965 bits per heavy atom. The maximum atomic E-state index is 11.4. The van der Waals surface area contributed by atoms with Crippen LogP contribution in [0, 0.1) is 36.5 Å². The van der Waals surface area contributed by atoms with Crippen LogP contribution in [-0.4, -0.2) is 22.2 Å². The van der Waals surface area contributed by atoms with E-state index < -0.39 is 11.9 Å². The minimum absolute atomic E-state index is 0.329. The summed E-state index contributed by atoms with van der Waals surface area (Å²) >= 11 is 0. The Hall–Kier alpha value is -7.68. The maximum absolute atomic E-state index is 11.4. The first-order chi connectivity index (χ1) is 27.4. The molecule has 0 radical (unpaired) electrons. The minimum atomic E-state index is -1.26. The van der Waals surface area contributed by atoms with E-state index in [9.17, 15) is 30.3 Å². The molecule has 6 rings (SSSR count). The van der Waals surface area contributed by atoms with Crippen molar-refractivity contribution in [2.75, 3.05) is 9.80 Å². The fourth-order valence-corrected chi connectivity index (χ4v) is 6.56. The average molecular weight is 749 g/mol. The Morgan fingerprint density at radius 1 is 0.474 bits per heavy atom. The Kier molecular flexibility index (Phi) is 11.5. The number of aryl methyl sites for hydroxylation is 2. The van der Waals surface area contributed by atoms with Crippen LogP contribution in [-0.2, 0) is 15.0 Å². The molecule has 280 valence electrons. The summed E-state index contributed by atoms with van der Waals surface area (Å²) in [5, 5.41) is 37.0. The van der Waals surface area contributed by atoms with Crippen LogP contribution in [0.4, 0.5) is 34.1 Å². The van der Waals surface area contributed by atoms with Crippen LogP contribution < -0.4 is 9.80 Å².